The lowest BCUT2D eigenvalue weighted by Crippen LogP contribution is -2.35. The SMILES string of the molecule is CCC1CCCN1C(=O)c1cc(N)ccc1Cl. The van der Waals surface area contributed by atoms with Crippen molar-refractivity contribution in [2.75, 3.05) is 12.3 Å². The first-order valence-electron chi connectivity index (χ1n) is 5.99. The number of amides is 1. The molecule has 1 aliphatic heterocycles. The molecule has 4 heteroatoms. The summed E-state index contributed by atoms with van der Waals surface area (Å²) in [6, 6.07) is 5.40. The minimum Gasteiger partial charge on any atom is -0.399 e. The fourth-order valence-corrected chi connectivity index (χ4v) is 2.59. The number of hydrogen-bond donors (Lipinski definition) is 1. The summed E-state index contributed by atoms with van der Waals surface area (Å²) in [6.45, 7) is 2.93. The standard InChI is InChI=1S/C13H17ClN2O/c1-2-10-4-3-7-16(10)13(17)11-8-9(15)5-6-12(11)14/h5-6,8,10H,2-4,7,15H2,1H3. The molecule has 1 fully saturated rings. The number of rotatable bonds is 2. The highest BCUT2D eigenvalue weighted by Gasteiger charge is 2.29. The first-order chi connectivity index (χ1) is 8.13. The summed E-state index contributed by atoms with van der Waals surface area (Å²) in [7, 11) is 0. The summed E-state index contributed by atoms with van der Waals surface area (Å²) in [5.41, 5.74) is 6.80. The van der Waals surface area contributed by atoms with Gasteiger partial charge in [-0.1, -0.05) is 18.5 Å². The van der Waals surface area contributed by atoms with Gasteiger partial charge >= 0.3 is 0 Å². The molecule has 1 aliphatic rings. The maximum absolute atomic E-state index is 12.4. The van der Waals surface area contributed by atoms with E-state index in [1.165, 1.54) is 0 Å². The van der Waals surface area contributed by atoms with Gasteiger partial charge in [0.15, 0.2) is 0 Å². The molecule has 0 saturated carbocycles. The third kappa shape index (κ3) is 2.39. The second-order valence-electron chi connectivity index (χ2n) is 4.44. The monoisotopic (exact) mass is 252 g/mol. The number of hydrogen-bond acceptors (Lipinski definition) is 2. The van der Waals surface area contributed by atoms with Gasteiger partial charge in [0.1, 0.15) is 0 Å². The molecule has 1 atom stereocenters. The Morgan fingerprint density at radius 2 is 2.35 bits per heavy atom. The van der Waals surface area contributed by atoms with Gasteiger partial charge in [-0.2, -0.15) is 0 Å². The molecule has 17 heavy (non-hydrogen) atoms. The molecule has 2 rings (SSSR count). The lowest BCUT2D eigenvalue weighted by Gasteiger charge is -2.24. The predicted molar refractivity (Wildman–Crippen MR) is 70.2 cm³/mol. The molecule has 1 aromatic carbocycles. The first-order valence-corrected chi connectivity index (χ1v) is 6.37. The summed E-state index contributed by atoms with van der Waals surface area (Å²) in [6.07, 6.45) is 3.15. The van der Waals surface area contributed by atoms with Crippen LogP contribution in [0.25, 0.3) is 0 Å². The fourth-order valence-electron chi connectivity index (χ4n) is 2.39. The summed E-state index contributed by atoms with van der Waals surface area (Å²) in [4.78, 5) is 14.3. The molecule has 0 radical (unpaired) electrons. The molecule has 0 aliphatic carbocycles. The highest BCUT2D eigenvalue weighted by molar-refractivity contribution is 6.34. The van der Waals surface area contributed by atoms with Crippen molar-refractivity contribution < 1.29 is 4.79 Å². The van der Waals surface area contributed by atoms with Crippen molar-refractivity contribution in [2.24, 2.45) is 0 Å². The third-order valence-corrected chi connectivity index (χ3v) is 3.66. The molecule has 0 spiro atoms. The molecule has 92 valence electrons. The zero-order valence-electron chi connectivity index (χ0n) is 9.95. The van der Waals surface area contributed by atoms with Crippen LogP contribution in [0.3, 0.4) is 0 Å². The van der Waals surface area contributed by atoms with Gasteiger partial charge in [-0.15, -0.1) is 0 Å². The Labute approximate surface area is 107 Å². The Balaban J connectivity index is 2.27. The second-order valence-corrected chi connectivity index (χ2v) is 4.85. The van der Waals surface area contributed by atoms with Crippen LogP contribution in [0.5, 0.6) is 0 Å². The Hall–Kier alpha value is -1.22. The number of carbonyl (C=O) groups excluding carboxylic acids is 1. The molecule has 1 unspecified atom stereocenters. The normalized spacial score (nSPS) is 19.6. The molecule has 1 amide bonds. The van der Waals surface area contributed by atoms with Crippen LogP contribution in [0.15, 0.2) is 18.2 Å². The Bertz CT molecular complexity index is 433. The summed E-state index contributed by atoms with van der Waals surface area (Å²) in [5, 5.41) is 0.478. The van der Waals surface area contributed by atoms with Crippen molar-refractivity contribution in [3.63, 3.8) is 0 Å². The highest BCUT2D eigenvalue weighted by Crippen LogP contribution is 2.26. The van der Waals surface area contributed by atoms with Crippen molar-refractivity contribution in [3.05, 3.63) is 28.8 Å². The number of likely N-dealkylation sites (tertiary alicyclic amines) is 1. The Morgan fingerprint density at radius 1 is 1.59 bits per heavy atom. The molecule has 1 saturated heterocycles. The van der Waals surface area contributed by atoms with Crippen LogP contribution in [-0.2, 0) is 0 Å². The van der Waals surface area contributed by atoms with Crippen molar-refractivity contribution in [3.8, 4) is 0 Å². The Kier molecular flexibility index (Phi) is 3.57. The van der Waals surface area contributed by atoms with Gasteiger partial charge in [0.2, 0.25) is 0 Å². The number of nitrogens with two attached hydrogens (primary N) is 1. The van der Waals surface area contributed by atoms with E-state index in [1.54, 1.807) is 18.2 Å². The van der Waals surface area contributed by atoms with Crippen LogP contribution < -0.4 is 5.73 Å². The maximum Gasteiger partial charge on any atom is 0.255 e. The summed E-state index contributed by atoms with van der Waals surface area (Å²) < 4.78 is 0. The average Bonchev–Trinajstić information content (AvgIpc) is 2.79. The van der Waals surface area contributed by atoms with Crippen LogP contribution >= 0.6 is 11.6 Å². The molecular weight excluding hydrogens is 236 g/mol. The van der Waals surface area contributed by atoms with Gasteiger partial charge in [0, 0.05) is 18.3 Å². The third-order valence-electron chi connectivity index (χ3n) is 3.33. The molecule has 3 nitrogen and oxygen atoms in total. The molecule has 2 N–H and O–H groups in total. The topological polar surface area (TPSA) is 46.3 Å². The van der Waals surface area contributed by atoms with E-state index >= 15 is 0 Å². The van der Waals surface area contributed by atoms with Crippen LogP contribution in [0.4, 0.5) is 5.69 Å². The largest absolute Gasteiger partial charge is 0.399 e. The minimum absolute atomic E-state index is 0.00616. The van der Waals surface area contributed by atoms with Crippen LogP contribution in [0.2, 0.25) is 5.02 Å². The van der Waals surface area contributed by atoms with Gasteiger partial charge in [-0.3, -0.25) is 4.79 Å². The van der Waals surface area contributed by atoms with E-state index in [-0.39, 0.29) is 5.91 Å². The number of nitrogens with zero attached hydrogens (tertiary/aromatic N) is 1. The van der Waals surface area contributed by atoms with Gasteiger partial charge in [0.25, 0.3) is 5.91 Å². The first kappa shape index (κ1) is 12.2. The van der Waals surface area contributed by atoms with Crippen LogP contribution in [-0.4, -0.2) is 23.4 Å². The van der Waals surface area contributed by atoms with E-state index in [2.05, 4.69) is 6.92 Å². The highest BCUT2D eigenvalue weighted by atomic mass is 35.5. The molecule has 1 aromatic rings. The lowest BCUT2D eigenvalue weighted by molar-refractivity contribution is 0.0734. The van der Waals surface area contributed by atoms with Crippen molar-refractivity contribution in [1.82, 2.24) is 4.90 Å². The molecule has 1 heterocycles. The van der Waals surface area contributed by atoms with Crippen LogP contribution in [0, 0.1) is 0 Å². The number of anilines is 1. The molecule has 0 aromatic heterocycles. The second kappa shape index (κ2) is 4.96. The van der Waals surface area contributed by atoms with Gasteiger partial charge in [-0.05, 0) is 37.5 Å². The zero-order chi connectivity index (χ0) is 12.4. The number of carbonyl (C=O) groups is 1. The smallest absolute Gasteiger partial charge is 0.255 e. The fraction of sp³-hybridized carbons (Fsp3) is 0.462. The van der Waals surface area contributed by atoms with E-state index in [0.29, 0.717) is 22.3 Å². The number of benzene rings is 1. The van der Waals surface area contributed by atoms with Crippen molar-refractivity contribution >= 4 is 23.2 Å². The van der Waals surface area contributed by atoms with Gasteiger partial charge < -0.3 is 10.6 Å². The number of nitrogen functional groups attached to an aromatic ring is 1. The zero-order valence-corrected chi connectivity index (χ0v) is 10.7. The van der Waals surface area contributed by atoms with Gasteiger partial charge in [0.05, 0.1) is 10.6 Å². The van der Waals surface area contributed by atoms with Crippen molar-refractivity contribution in [1.29, 1.82) is 0 Å². The van der Waals surface area contributed by atoms with Crippen LogP contribution in [0.1, 0.15) is 36.5 Å². The lowest BCUT2D eigenvalue weighted by atomic mass is 10.1. The summed E-state index contributed by atoms with van der Waals surface area (Å²) >= 11 is 6.06. The average molecular weight is 253 g/mol. The maximum atomic E-state index is 12.4. The summed E-state index contributed by atoms with van der Waals surface area (Å²) in [5.74, 6) is 0.00616. The minimum atomic E-state index is 0.00616. The quantitative estimate of drug-likeness (QED) is 0.823. The van der Waals surface area contributed by atoms with E-state index in [4.69, 9.17) is 17.3 Å². The van der Waals surface area contributed by atoms with E-state index in [0.717, 1.165) is 25.8 Å². The molecule has 0 bridgehead atoms. The predicted octanol–water partition coefficient (Wildman–Crippen LogP) is 2.94. The Morgan fingerprint density at radius 3 is 3.06 bits per heavy atom. The van der Waals surface area contributed by atoms with Crippen molar-refractivity contribution in [2.45, 2.75) is 32.2 Å². The van der Waals surface area contributed by atoms with E-state index in [9.17, 15) is 4.79 Å². The van der Waals surface area contributed by atoms with E-state index < -0.39 is 0 Å². The van der Waals surface area contributed by atoms with E-state index in [1.807, 2.05) is 4.90 Å². The molecular formula is C13H17ClN2O. The van der Waals surface area contributed by atoms with Gasteiger partial charge in [-0.25, -0.2) is 0 Å². The number of halogens is 1.